The number of nitrogens with zero attached hydrogens (tertiary/aromatic N) is 1. The van der Waals surface area contributed by atoms with Crippen LogP contribution in [-0.4, -0.2) is 41.6 Å². The predicted octanol–water partition coefficient (Wildman–Crippen LogP) is 1.56. The van der Waals surface area contributed by atoms with Crippen LogP contribution in [0.25, 0.3) is 0 Å². The minimum absolute atomic E-state index is 0.137. The van der Waals surface area contributed by atoms with Crippen LogP contribution >= 0.6 is 0 Å². The lowest BCUT2D eigenvalue weighted by Gasteiger charge is -2.25. The first-order chi connectivity index (χ1) is 8.93. The molecule has 0 spiro atoms. The van der Waals surface area contributed by atoms with Gasteiger partial charge in [-0.25, -0.2) is 0 Å². The van der Waals surface area contributed by atoms with Gasteiger partial charge in [0.05, 0.1) is 13.5 Å². The average Bonchev–Trinajstić information content (AvgIpc) is 2.36. The highest BCUT2D eigenvalue weighted by Crippen LogP contribution is 2.13. The Morgan fingerprint density at radius 2 is 1.84 bits per heavy atom. The van der Waals surface area contributed by atoms with Crippen molar-refractivity contribution >= 4 is 11.9 Å². The maximum Gasteiger partial charge on any atom is 0.323 e. The first kappa shape index (κ1) is 15.0. The third-order valence-corrected chi connectivity index (χ3v) is 2.76. The van der Waals surface area contributed by atoms with Crippen LogP contribution in [0.4, 0.5) is 0 Å². The number of rotatable bonds is 6. The van der Waals surface area contributed by atoms with E-state index >= 15 is 0 Å². The average molecular weight is 265 g/mol. The number of ether oxygens (including phenoxy) is 1. The zero-order chi connectivity index (χ0) is 14.4. The molecule has 1 aromatic carbocycles. The van der Waals surface area contributed by atoms with Gasteiger partial charge in [0.1, 0.15) is 12.3 Å². The molecule has 0 unspecified atom stereocenters. The molecule has 5 heteroatoms. The Morgan fingerprint density at radius 3 is 2.26 bits per heavy atom. The van der Waals surface area contributed by atoms with E-state index in [1.807, 2.05) is 0 Å². The summed E-state index contributed by atoms with van der Waals surface area (Å²) in [5.74, 6) is -0.471. The Bertz CT molecular complexity index is 439. The molecule has 1 amide bonds. The van der Waals surface area contributed by atoms with Gasteiger partial charge in [-0.2, -0.15) is 0 Å². The lowest BCUT2D eigenvalue weighted by Crippen LogP contribution is -2.41. The number of carbonyl (C=O) groups is 2. The lowest BCUT2D eigenvalue weighted by molar-refractivity contribution is -0.145. The third kappa shape index (κ3) is 4.62. The van der Waals surface area contributed by atoms with Crippen LogP contribution in [0, 0.1) is 0 Å². The SMILES string of the molecule is COc1ccc(CC(=O)N(CC(=O)O)C(C)C)cc1. The molecule has 5 nitrogen and oxygen atoms in total. The zero-order valence-electron chi connectivity index (χ0n) is 11.4. The van der Waals surface area contributed by atoms with Crippen LogP contribution in [0.2, 0.25) is 0 Å². The molecule has 0 aromatic heterocycles. The van der Waals surface area contributed by atoms with Crippen molar-refractivity contribution in [3.63, 3.8) is 0 Å². The summed E-state index contributed by atoms with van der Waals surface area (Å²) in [6, 6.07) is 7.02. The van der Waals surface area contributed by atoms with Gasteiger partial charge in [-0.15, -0.1) is 0 Å². The zero-order valence-corrected chi connectivity index (χ0v) is 11.4. The predicted molar refractivity (Wildman–Crippen MR) is 71.2 cm³/mol. The van der Waals surface area contributed by atoms with E-state index in [0.717, 1.165) is 11.3 Å². The molecule has 0 radical (unpaired) electrons. The van der Waals surface area contributed by atoms with Crippen molar-refractivity contribution in [1.29, 1.82) is 0 Å². The first-order valence-electron chi connectivity index (χ1n) is 6.08. The largest absolute Gasteiger partial charge is 0.497 e. The van der Waals surface area contributed by atoms with Crippen molar-refractivity contribution < 1.29 is 19.4 Å². The Balaban J connectivity index is 2.72. The number of carbonyl (C=O) groups excluding carboxylic acids is 1. The van der Waals surface area contributed by atoms with Crippen LogP contribution in [0.1, 0.15) is 19.4 Å². The number of hydrogen-bond donors (Lipinski definition) is 1. The summed E-state index contributed by atoms with van der Waals surface area (Å²) >= 11 is 0. The number of benzene rings is 1. The van der Waals surface area contributed by atoms with Crippen molar-refractivity contribution in [1.82, 2.24) is 4.90 Å². The molecule has 0 heterocycles. The van der Waals surface area contributed by atoms with Crippen molar-refractivity contribution in [3.05, 3.63) is 29.8 Å². The smallest absolute Gasteiger partial charge is 0.323 e. The number of amides is 1. The Kier molecular flexibility index (Phi) is 5.36. The highest BCUT2D eigenvalue weighted by Gasteiger charge is 2.19. The standard InChI is InChI=1S/C14H19NO4/c1-10(2)15(9-14(17)18)13(16)8-11-4-6-12(19-3)7-5-11/h4-7,10H,8-9H2,1-3H3,(H,17,18). The van der Waals surface area contributed by atoms with Crippen molar-refractivity contribution in [2.45, 2.75) is 26.3 Å². The monoisotopic (exact) mass is 265 g/mol. The van der Waals surface area contributed by atoms with E-state index in [1.54, 1.807) is 45.2 Å². The summed E-state index contributed by atoms with van der Waals surface area (Å²) in [5, 5.41) is 8.81. The lowest BCUT2D eigenvalue weighted by atomic mass is 10.1. The van der Waals surface area contributed by atoms with Crippen molar-refractivity contribution in [2.75, 3.05) is 13.7 Å². The van der Waals surface area contributed by atoms with Crippen molar-refractivity contribution in [2.24, 2.45) is 0 Å². The molecule has 1 N–H and O–H groups in total. The number of carboxylic acids is 1. The summed E-state index contributed by atoms with van der Waals surface area (Å²) in [7, 11) is 1.58. The number of methoxy groups -OCH3 is 1. The molecule has 0 fully saturated rings. The van der Waals surface area contributed by atoms with Crippen LogP contribution in [0.5, 0.6) is 5.75 Å². The molecule has 1 aromatic rings. The second-order valence-electron chi connectivity index (χ2n) is 4.53. The minimum atomic E-state index is -1.00. The molecule has 1 rings (SSSR count). The number of hydrogen-bond acceptors (Lipinski definition) is 3. The summed E-state index contributed by atoms with van der Waals surface area (Å²) in [6.45, 7) is 3.33. The van der Waals surface area contributed by atoms with Gasteiger partial charge in [-0.3, -0.25) is 9.59 Å². The molecule has 0 aliphatic carbocycles. The highest BCUT2D eigenvalue weighted by atomic mass is 16.5. The first-order valence-corrected chi connectivity index (χ1v) is 6.08. The molecule has 0 bridgehead atoms. The molecule has 0 saturated heterocycles. The van der Waals surface area contributed by atoms with Gasteiger partial charge in [0.2, 0.25) is 5.91 Å². The topological polar surface area (TPSA) is 66.8 Å². The van der Waals surface area contributed by atoms with Crippen LogP contribution in [0.3, 0.4) is 0 Å². The maximum absolute atomic E-state index is 12.1. The van der Waals surface area contributed by atoms with Gasteiger partial charge in [0.25, 0.3) is 0 Å². The molecule has 0 aliphatic rings. The molecule has 0 atom stereocenters. The van der Waals surface area contributed by atoms with E-state index in [2.05, 4.69) is 0 Å². The molecular weight excluding hydrogens is 246 g/mol. The van der Waals surface area contributed by atoms with Gasteiger partial charge in [0.15, 0.2) is 0 Å². The second-order valence-corrected chi connectivity index (χ2v) is 4.53. The molecule has 0 saturated carbocycles. The Morgan fingerprint density at radius 1 is 1.26 bits per heavy atom. The Labute approximate surface area is 112 Å². The third-order valence-electron chi connectivity index (χ3n) is 2.76. The summed E-state index contributed by atoms with van der Waals surface area (Å²) in [6.07, 6.45) is 0.190. The van der Waals surface area contributed by atoms with Gasteiger partial charge >= 0.3 is 5.97 Å². The van der Waals surface area contributed by atoms with Gasteiger partial charge in [0, 0.05) is 6.04 Å². The van der Waals surface area contributed by atoms with Crippen LogP contribution < -0.4 is 4.74 Å². The Hall–Kier alpha value is -2.04. The molecule has 0 aliphatic heterocycles. The van der Waals surface area contributed by atoms with E-state index in [9.17, 15) is 9.59 Å². The van der Waals surface area contributed by atoms with Gasteiger partial charge in [-0.1, -0.05) is 12.1 Å². The molecule has 19 heavy (non-hydrogen) atoms. The normalized spacial score (nSPS) is 10.3. The summed E-state index contributed by atoms with van der Waals surface area (Å²) in [5.41, 5.74) is 0.835. The van der Waals surface area contributed by atoms with Gasteiger partial charge in [-0.05, 0) is 31.5 Å². The molecular formula is C14H19NO4. The highest BCUT2D eigenvalue weighted by molar-refractivity contribution is 5.83. The summed E-state index contributed by atoms with van der Waals surface area (Å²) < 4.78 is 5.04. The van der Waals surface area contributed by atoms with E-state index in [1.165, 1.54) is 4.90 Å². The van der Waals surface area contributed by atoms with E-state index in [4.69, 9.17) is 9.84 Å². The van der Waals surface area contributed by atoms with E-state index < -0.39 is 5.97 Å². The second kappa shape index (κ2) is 6.78. The molecule has 104 valence electrons. The fraction of sp³-hybridized carbons (Fsp3) is 0.429. The number of carboxylic acid groups (broad SMARTS) is 1. The fourth-order valence-corrected chi connectivity index (χ4v) is 1.72. The summed E-state index contributed by atoms with van der Waals surface area (Å²) in [4.78, 5) is 24.2. The minimum Gasteiger partial charge on any atom is -0.497 e. The van der Waals surface area contributed by atoms with Gasteiger partial charge < -0.3 is 14.7 Å². The van der Waals surface area contributed by atoms with E-state index in [0.29, 0.717) is 0 Å². The van der Waals surface area contributed by atoms with Crippen LogP contribution in [-0.2, 0) is 16.0 Å². The fourth-order valence-electron chi connectivity index (χ4n) is 1.72. The maximum atomic E-state index is 12.1. The van der Waals surface area contributed by atoms with E-state index in [-0.39, 0.29) is 24.9 Å². The quantitative estimate of drug-likeness (QED) is 0.847. The van der Waals surface area contributed by atoms with Crippen molar-refractivity contribution in [3.8, 4) is 5.75 Å². The van der Waals surface area contributed by atoms with Crippen LogP contribution in [0.15, 0.2) is 24.3 Å². The number of aliphatic carboxylic acids is 1.